The standard InChI is InChI=1S/C13H16N2O2/c1-8-5-11-12(6-9(8)2)15(7-14-11)10(3)13(16)17-4/h5-7,10H,1-4H3/t10-/m0/s1. The number of hydrogen-bond donors (Lipinski definition) is 0. The summed E-state index contributed by atoms with van der Waals surface area (Å²) in [5.41, 5.74) is 4.26. The minimum atomic E-state index is -0.355. The second kappa shape index (κ2) is 4.20. The molecule has 0 fully saturated rings. The van der Waals surface area contributed by atoms with Crippen LogP contribution in [0.15, 0.2) is 18.5 Å². The molecule has 0 amide bonds. The van der Waals surface area contributed by atoms with Crippen molar-refractivity contribution in [3.63, 3.8) is 0 Å². The van der Waals surface area contributed by atoms with Gasteiger partial charge in [0.2, 0.25) is 0 Å². The summed E-state index contributed by atoms with van der Waals surface area (Å²) in [6.07, 6.45) is 1.69. The molecule has 0 radical (unpaired) electrons. The highest BCUT2D eigenvalue weighted by molar-refractivity contribution is 5.81. The maximum atomic E-state index is 11.5. The van der Waals surface area contributed by atoms with Gasteiger partial charge in [0.25, 0.3) is 0 Å². The Hall–Kier alpha value is -1.84. The molecule has 0 aliphatic carbocycles. The maximum Gasteiger partial charge on any atom is 0.328 e. The van der Waals surface area contributed by atoms with E-state index in [4.69, 9.17) is 4.74 Å². The zero-order chi connectivity index (χ0) is 12.6. The predicted molar refractivity (Wildman–Crippen MR) is 65.9 cm³/mol. The number of carbonyl (C=O) groups is 1. The molecule has 17 heavy (non-hydrogen) atoms. The van der Waals surface area contributed by atoms with Crippen molar-refractivity contribution in [1.29, 1.82) is 0 Å². The zero-order valence-electron chi connectivity index (χ0n) is 10.5. The molecule has 0 aliphatic rings. The number of hydrogen-bond acceptors (Lipinski definition) is 3. The maximum absolute atomic E-state index is 11.5. The molecule has 1 aromatic heterocycles. The third-order valence-electron chi connectivity index (χ3n) is 3.15. The number of imidazole rings is 1. The van der Waals surface area contributed by atoms with Gasteiger partial charge < -0.3 is 9.30 Å². The van der Waals surface area contributed by atoms with Crippen LogP contribution in [-0.2, 0) is 9.53 Å². The predicted octanol–water partition coefficient (Wildman–Crippen LogP) is 2.39. The van der Waals surface area contributed by atoms with Gasteiger partial charge in [0.15, 0.2) is 0 Å². The van der Waals surface area contributed by atoms with Crippen molar-refractivity contribution in [3.05, 3.63) is 29.6 Å². The van der Waals surface area contributed by atoms with Gasteiger partial charge in [-0.05, 0) is 44.0 Å². The molecule has 0 aliphatic heterocycles. The number of aromatic nitrogens is 2. The molecule has 2 aromatic rings. The van der Waals surface area contributed by atoms with Gasteiger partial charge in [0.1, 0.15) is 6.04 Å². The van der Waals surface area contributed by atoms with Crippen LogP contribution in [0.4, 0.5) is 0 Å². The van der Waals surface area contributed by atoms with E-state index in [1.165, 1.54) is 18.2 Å². The lowest BCUT2D eigenvalue weighted by atomic mass is 10.1. The fraction of sp³-hybridized carbons (Fsp3) is 0.385. The number of nitrogens with zero attached hydrogens (tertiary/aromatic N) is 2. The van der Waals surface area contributed by atoms with Crippen molar-refractivity contribution in [2.24, 2.45) is 0 Å². The van der Waals surface area contributed by atoms with Crippen LogP contribution in [0, 0.1) is 13.8 Å². The summed E-state index contributed by atoms with van der Waals surface area (Å²) in [5.74, 6) is -0.262. The van der Waals surface area contributed by atoms with Crippen molar-refractivity contribution < 1.29 is 9.53 Å². The lowest BCUT2D eigenvalue weighted by molar-refractivity contribution is -0.143. The van der Waals surface area contributed by atoms with Crippen LogP contribution in [0.25, 0.3) is 11.0 Å². The van der Waals surface area contributed by atoms with Gasteiger partial charge in [-0.2, -0.15) is 0 Å². The highest BCUT2D eigenvalue weighted by Crippen LogP contribution is 2.21. The molecular weight excluding hydrogens is 216 g/mol. The third-order valence-corrected chi connectivity index (χ3v) is 3.15. The SMILES string of the molecule is COC(=O)[C@H](C)n1cnc2cc(C)c(C)cc21. The number of esters is 1. The molecule has 90 valence electrons. The van der Waals surface area contributed by atoms with E-state index in [0.717, 1.165) is 11.0 Å². The minimum Gasteiger partial charge on any atom is -0.467 e. The van der Waals surface area contributed by atoms with Crippen molar-refractivity contribution in [2.45, 2.75) is 26.8 Å². The molecule has 1 atom stereocenters. The Morgan fingerprint density at radius 2 is 2.00 bits per heavy atom. The van der Waals surface area contributed by atoms with E-state index in [-0.39, 0.29) is 12.0 Å². The molecule has 4 heteroatoms. The highest BCUT2D eigenvalue weighted by atomic mass is 16.5. The molecule has 0 saturated heterocycles. The fourth-order valence-corrected chi connectivity index (χ4v) is 1.88. The summed E-state index contributed by atoms with van der Waals surface area (Å²) in [6.45, 7) is 5.91. The van der Waals surface area contributed by atoms with Crippen LogP contribution < -0.4 is 0 Å². The van der Waals surface area contributed by atoms with Crippen LogP contribution in [0.2, 0.25) is 0 Å². The number of aryl methyl sites for hydroxylation is 2. The molecule has 1 aromatic carbocycles. The Morgan fingerprint density at radius 1 is 1.35 bits per heavy atom. The first-order valence-electron chi connectivity index (χ1n) is 5.56. The topological polar surface area (TPSA) is 44.1 Å². The lowest BCUT2D eigenvalue weighted by Crippen LogP contribution is -2.16. The number of benzene rings is 1. The van der Waals surface area contributed by atoms with Crippen LogP contribution >= 0.6 is 0 Å². The van der Waals surface area contributed by atoms with E-state index in [0.29, 0.717) is 0 Å². The summed E-state index contributed by atoms with van der Waals surface area (Å²) in [7, 11) is 1.40. The third kappa shape index (κ3) is 1.90. The first-order valence-corrected chi connectivity index (χ1v) is 5.56. The van der Waals surface area contributed by atoms with Gasteiger partial charge in [-0.1, -0.05) is 0 Å². The summed E-state index contributed by atoms with van der Waals surface area (Å²) >= 11 is 0. The van der Waals surface area contributed by atoms with Gasteiger partial charge in [0.05, 0.1) is 24.5 Å². The van der Waals surface area contributed by atoms with Gasteiger partial charge >= 0.3 is 5.97 Å². The average molecular weight is 232 g/mol. The molecule has 0 spiro atoms. The summed E-state index contributed by atoms with van der Waals surface area (Å²) in [6, 6.07) is 3.73. The Kier molecular flexibility index (Phi) is 2.88. The van der Waals surface area contributed by atoms with E-state index in [1.807, 2.05) is 17.6 Å². The molecule has 0 N–H and O–H groups in total. The van der Waals surface area contributed by atoms with Crippen molar-refractivity contribution in [2.75, 3.05) is 7.11 Å². The minimum absolute atomic E-state index is 0.262. The Balaban J connectivity index is 2.56. The highest BCUT2D eigenvalue weighted by Gasteiger charge is 2.17. The largest absolute Gasteiger partial charge is 0.467 e. The second-order valence-corrected chi connectivity index (χ2v) is 4.28. The summed E-state index contributed by atoms with van der Waals surface area (Å²) in [4.78, 5) is 15.8. The number of rotatable bonds is 2. The quantitative estimate of drug-likeness (QED) is 0.747. The number of methoxy groups -OCH3 is 1. The molecule has 0 bridgehead atoms. The van der Waals surface area contributed by atoms with Crippen LogP contribution in [0.3, 0.4) is 0 Å². The molecule has 2 rings (SSSR count). The number of fused-ring (bicyclic) bond motifs is 1. The zero-order valence-corrected chi connectivity index (χ0v) is 10.5. The normalized spacial score (nSPS) is 12.7. The Bertz CT molecular complexity index is 572. The van der Waals surface area contributed by atoms with Crippen LogP contribution in [-0.4, -0.2) is 22.6 Å². The van der Waals surface area contributed by atoms with Crippen LogP contribution in [0.5, 0.6) is 0 Å². The van der Waals surface area contributed by atoms with E-state index in [2.05, 4.69) is 24.9 Å². The fourth-order valence-electron chi connectivity index (χ4n) is 1.88. The van der Waals surface area contributed by atoms with Gasteiger partial charge in [-0.3, -0.25) is 0 Å². The lowest BCUT2D eigenvalue weighted by Gasteiger charge is -2.12. The summed E-state index contributed by atoms with van der Waals surface area (Å²) < 4.78 is 6.59. The molecule has 1 heterocycles. The first kappa shape index (κ1) is 11.6. The van der Waals surface area contributed by atoms with Gasteiger partial charge in [0, 0.05) is 0 Å². The van der Waals surface area contributed by atoms with E-state index < -0.39 is 0 Å². The molecule has 4 nitrogen and oxygen atoms in total. The van der Waals surface area contributed by atoms with Crippen molar-refractivity contribution in [3.8, 4) is 0 Å². The van der Waals surface area contributed by atoms with Crippen LogP contribution in [0.1, 0.15) is 24.1 Å². The van der Waals surface area contributed by atoms with E-state index >= 15 is 0 Å². The number of carbonyl (C=O) groups excluding carboxylic acids is 1. The summed E-state index contributed by atoms with van der Waals surface area (Å²) in [5, 5.41) is 0. The smallest absolute Gasteiger partial charge is 0.328 e. The van der Waals surface area contributed by atoms with E-state index in [1.54, 1.807) is 6.33 Å². The second-order valence-electron chi connectivity index (χ2n) is 4.28. The van der Waals surface area contributed by atoms with Crippen molar-refractivity contribution >= 4 is 17.0 Å². The van der Waals surface area contributed by atoms with Gasteiger partial charge in [-0.15, -0.1) is 0 Å². The van der Waals surface area contributed by atoms with E-state index in [9.17, 15) is 4.79 Å². The molecule has 0 unspecified atom stereocenters. The average Bonchev–Trinajstić information content (AvgIpc) is 2.70. The molecule has 0 saturated carbocycles. The van der Waals surface area contributed by atoms with Crippen molar-refractivity contribution in [1.82, 2.24) is 9.55 Å². The molecular formula is C13H16N2O2. The Labute approximate surface area is 100 Å². The first-order chi connectivity index (χ1) is 8.04. The number of ether oxygens (including phenoxy) is 1. The monoisotopic (exact) mass is 232 g/mol. The Morgan fingerprint density at radius 3 is 2.65 bits per heavy atom. The van der Waals surface area contributed by atoms with Gasteiger partial charge in [-0.25, -0.2) is 9.78 Å².